The average Bonchev–Trinajstić information content (AvgIpc) is 3.22. The number of anilines is 2. The summed E-state index contributed by atoms with van der Waals surface area (Å²) >= 11 is 0. The molecule has 0 spiro atoms. The number of nitrogens with zero attached hydrogens (tertiary/aromatic N) is 2. The fourth-order valence-corrected chi connectivity index (χ4v) is 3.34. The zero-order valence-corrected chi connectivity index (χ0v) is 15.9. The first-order valence-electron chi connectivity index (χ1n) is 9.15. The average molecular weight is 414 g/mol. The minimum Gasteiger partial charge on any atom is -0.326 e. The maximum Gasteiger partial charge on any atom is 0.416 e. The van der Waals surface area contributed by atoms with Crippen LogP contribution in [-0.4, -0.2) is 21.6 Å². The molecule has 0 unspecified atom stereocenters. The number of hydrogen-bond donors (Lipinski definition) is 2. The number of rotatable bonds is 4. The van der Waals surface area contributed by atoms with Gasteiger partial charge in [0.15, 0.2) is 0 Å². The molecule has 9 heteroatoms. The highest BCUT2D eigenvalue weighted by Crippen LogP contribution is 2.31. The molecule has 4 rings (SSSR count). The molecule has 1 aliphatic heterocycles. The zero-order chi connectivity index (χ0) is 21.5. The highest BCUT2D eigenvalue weighted by molar-refractivity contribution is 5.99. The number of alkyl halides is 3. The second kappa shape index (κ2) is 7.33. The van der Waals surface area contributed by atoms with Gasteiger partial charge in [0, 0.05) is 11.8 Å². The van der Waals surface area contributed by atoms with E-state index in [4.69, 9.17) is 0 Å². The first-order chi connectivity index (χ1) is 14.2. The number of amides is 2. The normalized spacial score (nSPS) is 13.1. The summed E-state index contributed by atoms with van der Waals surface area (Å²) in [6.07, 6.45) is -4.13. The Bertz CT molecular complexity index is 1150. The van der Waals surface area contributed by atoms with Gasteiger partial charge in [0.25, 0.3) is 0 Å². The Labute approximate surface area is 169 Å². The van der Waals surface area contributed by atoms with Gasteiger partial charge in [-0.25, -0.2) is 4.68 Å². The van der Waals surface area contributed by atoms with Crippen molar-refractivity contribution in [1.82, 2.24) is 9.78 Å². The molecule has 30 heavy (non-hydrogen) atoms. The van der Waals surface area contributed by atoms with Crippen molar-refractivity contribution >= 4 is 23.3 Å². The van der Waals surface area contributed by atoms with Gasteiger partial charge in [0.05, 0.1) is 29.8 Å². The van der Waals surface area contributed by atoms with Crippen molar-refractivity contribution in [2.24, 2.45) is 0 Å². The van der Waals surface area contributed by atoms with Gasteiger partial charge < -0.3 is 10.6 Å². The lowest BCUT2D eigenvalue weighted by atomic mass is 10.1. The van der Waals surface area contributed by atoms with Gasteiger partial charge in [0.2, 0.25) is 11.8 Å². The topological polar surface area (TPSA) is 76.0 Å². The largest absolute Gasteiger partial charge is 0.416 e. The molecule has 2 heterocycles. The molecule has 154 valence electrons. The second-order valence-electron chi connectivity index (χ2n) is 7.07. The van der Waals surface area contributed by atoms with Crippen LogP contribution in [0.2, 0.25) is 0 Å². The van der Waals surface area contributed by atoms with E-state index in [0.29, 0.717) is 23.4 Å². The molecule has 0 saturated heterocycles. The molecular formula is C21H17F3N4O2. The lowest BCUT2D eigenvalue weighted by Crippen LogP contribution is -2.17. The molecule has 1 aliphatic rings. The summed E-state index contributed by atoms with van der Waals surface area (Å²) in [6.45, 7) is 1.68. The monoisotopic (exact) mass is 414 g/mol. The molecule has 2 amide bonds. The van der Waals surface area contributed by atoms with Crippen molar-refractivity contribution < 1.29 is 22.8 Å². The van der Waals surface area contributed by atoms with Crippen LogP contribution in [0.3, 0.4) is 0 Å². The van der Waals surface area contributed by atoms with E-state index in [-0.39, 0.29) is 29.7 Å². The number of hydrogen-bond acceptors (Lipinski definition) is 3. The first-order valence-corrected chi connectivity index (χ1v) is 9.15. The lowest BCUT2D eigenvalue weighted by Gasteiger charge is -2.12. The van der Waals surface area contributed by atoms with Crippen LogP contribution in [0.25, 0.3) is 5.69 Å². The molecule has 0 atom stereocenters. The van der Waals surface area contributed by atoms with Crippen molar-refractivity contribution in [1.29, 1.82) is 0 Å². The van der Waals surface area contributed by atoms with Gasteiger partial charge in [-0.1, -0.05) is 18.2 Å². The molecule has 2 aromatic carbocycles. The summed E-state index contributed by atoms with van der Waals surface area (Å²) in [5.74, 6) is -0.175. The summed E-state index contributed by atoms with van der Waals surface area (Å²) in [5.41, 5.74) is 2.20. The molecule has 6 nitrogen and oxygen atoms in total. The minimum atomic E-state index is -4.48. The Balaban J connectivity index is 1.54. The van der Waals surface area contributed by atoms with Crippen LogP contribution in [0.15, 0.2) is 48.5 Å². The number of aromatic nitrogens is 2. The number of halogens is 3. The molecule has 0 bridgehead atoms. The standard InChI is InChI=1S/C21H17F3N4O2/c1-12-7-18(28(27-12)16-4-2-3-15(11-16)21(22,23)24)26-19(29)9-13-5-6-14-10-20(30)25-17(14)8-13/h2-8,11H,9-10H2,1H3,(H,25,30)(H,26,29). The van der Waals surface area contributed by atoms with Crippen LogP contribution in [0.1, 0.15) is 22.4 Å². The summed E-state index contributed by atoms with van der Waals surface area (Å²) in [7, 11) is 0. The summed E-state index contributed by atoms with van der Waals surface area (Å²) < 4.78 is 40.4. The van der Waals surface area contributed by atoms with Gasteiger partial charge in [-0.3, -0.25) is 9.59 Å². The van der Waals surface area contributed by atoms with Gasteiger partial charge in [0.1, 0.15) is 5.82 Å². The van der Waals surface area contributed by atoms with E-state index in [1.165, 1.54) is 16.8 Å². The van der Waals surface area contributed by atoms with Crippen LogP contribution in [0, 0.1) is 6.92 Å². The molecule has 0 radical (unpaired) electrons. The highest BCUT2D eigenvalue weighted by Gasteiger charge is 2.30. The van der Waals surface area contributed by atoms with E-state index in [1.807, 2.05) is 0 Å². The number of fused-ring (bicyclic) bond motifs is 1. The Morgan fingerprint density at radius 3 is 2.77 bits per heavy atom. The van der Waals surface area contributed by atoms with Crippen molar-refractivity contribution in [3.8, 4) is 5.69 Å². The third-order valence-electron chi connectivity index (χ3n) is 4.68. The Hall–Kier alpha value is -3.62. The number of aryl methyl sites for hydroxylation is 1. The van der Waals surface area contributed by atoms with Crippen LogP contribution in [-0.2, 0) is 28.6 Å². The predicted octanol–water partition coefficient (Wildman–Crippen LogP) is 3.88. The van der Waals surface area contributed by atoms with Crippen LogP contribution < -0.4 is 10.6 Å². The smallest absolute Gasteiger partial charge is 0.326 e. The molecule has 0 aliphatic carbocycles. The third kappa shape index (κ3) is 4.05. The van der Waals surface area contributed by atoms with Gasteiger partial charge in [-0.15, -0.1) is 0 Å². The van der Waals surface area contributed by atoms with E-state index in [9.17, 15) is 22.8 Å². The van der Waals surface area contributed by atoms with Crippen molar-refractivity contribution in [2.45, 2.75) is 25.9 Å². The van der Waals surface area contributed by atoms with E-state index in [0.717, 1.165) is 17.7 Å². The van der Waals surface area contributed by atoms with Crippen LogP contribution in [0.5, 0.6) is 0 Å². The van der Waals surface area contributed by atoms with Crippen LogP contribution >= 0.6 is 0 Å². The molecule has 1 aromatic heterocycles. The Kier molecular flexibility index (Phi) is 4.81. The number of nitrogens with one attached hydrogen (secondary N) is 2. The second-order valence-corrected chi connectivity index (χ2v) is 7.07. The molecule has 0 saturated carbocycles. The Morgan fingerprint density at radius 1 is 1.20 bits per heavy atom. The van der Waals surface area contributed by atoms with E-state index >= 15 is 0 Å². The van der Waals surface area contributed by atoms with E-state index in [1.54, 1.807) is 31.2 Å². The third-order valence-corrected chi connectivity index (χ3v) is 4.68. The summed E-state index contributed by atoms with van der Waals surface area (Å²) in [6, 6.07) is 11.6. The van der Waals surface area contributed by atoms with E-state index < -0.39 is 11.7 Å². The van der Waals surface area contributed by atoms with E-state index in [2.05, 4.69) is 15.7 Å². The molecule has 0 fully saturated rings. The first kappa shape index (κ1) is 19.7. The fourth-order valence-electron chi connectivity index (χ4n) is 3.34. The number of carbonyl (C=O) groups is 2. The van der Waals surface area contributed by atoms with Crippen molar-refractivity contribution in [2.75, 3.05) is 10.6 Å². The maximum atomic E-state index is 13.0. The minimum absolute atomic E-state index is 0.0377. The molecular weight excluding hydrogens is 397 g/mol. The highest BCUT2D eigenvalue weighted by atomic mass is 19.4. The fraction of sp³-hybridized carbons (Fsp3) is 0.190. The number of carbonyl (C=O) groups excluding carboxylic acids is 2. The number of benzene rings is 2. The summed E-state index contributed by atoms with van der Waals surface area (Å²) in [5, 5.41) is 9.65. The quantitative estimate of drug-likeness (QED) is 0.681. The van der Waals surface area contributed by atoms with Crippen molar-refractivity contribution in [3.05, 3.63) is 70.9 Å². The van der Waals surface area contributed by atoms with Gasteiger partial charge >= 0.3 is 6.18 Å². The molecule has 3 aromatic rings. The SMILES string of the molecule is Cc1cc(NC(=O)Cc2ccc3c(c2)NC(=O)C3)n(-c2cccc(C(F)(F)F)c2)n1. The summed E-state index contributed by atoms with van der Waals surface area (Å²) in [4.78, 5) is 24.0. The van der Waals surface area contributed by atoms with Crippen molar-refractivity contribution in [3.63, 3.8) is 0 Å². The van der Waals surface area contributed by atoms with Gasteiger partial charge in [-0.05, 0) is 42.3 Å². The van der Waals surface area contributed by atoms with Crippen LogP contribution in [0.4, 0.5) is 24.7 Å². The van der Waals surface area contributed by atoms with Gasteiger partial charge in [-0.2, -0.15) is 18.3 Å². The Morgan fingerprint density at radius 2 is 2.00 bits per heavy atom. The predicted molar refractivity (Wildman–Crippen MR) is 104 cm³/mol. The molecule has 2 N–H and O–H groups in total. The maximum absolute atomic E-state index is 13.0. The lowest BCUT2D eigenvalue weighted by molar-refractivity contribution is -0.137. The zero-order valence-electron chi connectivity index (χ0n) is 15.9.